The molecule has 2 aromatic heterocycles. The lowest BCUT2D eigenvalue weighted by Crippen LogP contribution is -2.59. The highest BCUT2D eigenvalue weighted by Crippen LogP contribution is 2.51. The van der Waals surface area contributed by atoms with Gasteiger partial charge in [-0.2, -0.15) is 0 Å². The van der Waals surface area contributed by atoms with E-state index >= 15 is 0 Å². The number of hydrogen-bond acceptors (Lipinski definition) is 4. The second-order valence-electron chi connectivity index (χ2n) is 15.7. The second-order valence-corrected chi connectivity index (χ2v) is 17.9. The van der Waals surface area contributed by atoms with Gasteiger partial charge in [-0.25, -0.2) is 0 Å². The molecule has 0 N–H and O–H groups in total. The number of nitrogens with zero attached hydrogens (tertiary/aromatic N) is 3. The number of para-hydroxylation sites is 3. The molecule has 6 heteroatoms. The van der Waals surface area contributed by atoms with E-state index in [0.717, 1.165) is 11.4 Å². The summed E-state index contributed by atoms with van der Waals surface area (Å²) in [6.07, 6.45) is 0. The van der Waals surface area contributed by atoms with Gasteiger partial charge in [0.25, 0.3) is 6.71 Å². The first-order valence-corrected chi connectivity index (χ1v) is 20.4. The topological polar surface area (TPSA) is 11.4 Å². The van der Waals surface area contributed by atoms with Crippen molar-refractivity contribution >= 4 is 112 Å². The van der Waals surface area contributed by atoms with Gasteiger partial charge >= 0.3 is 0 Å². The molecule has 0 saturated heterocycles. The van der Waals surface area contributed by atoms with E-state index in [2.05, 4.69) is 187 Å². The van der Waals surface area contributed by atoms with Gasteiger partial charge < -0.3 is 14.4 Å². The molecule has 256 valence electrons. The number of fused-ring (bicyclic) bond motifs is 14. The summed E-state index contributed by atoms with van der Waals surface area (Å²) in [4.78, 5) is 7.46. The number of thiophene rings is 1. The lowest BCUT2D eigenvalue weighted by atomic mass is 9.36. The van der Waals surface area contributed by atoms with E-state index in [-0.39, 0.29) is 12.1 Å². The van der Waals surface area contributed by atoms with Crippen LogP contribution in [-0.2, 0) is 5.41 Å². The quantitative estimate of drug-likeness (QED) is 0.156. The largest absolute Gasteiger partial charge is 0.310 e. The van der Waals surface area contributed by atoms with Crippen molar-refractivity contribution in [1.29, 1.82) is 0 Å². The maximum Gasteiger partial charge on any atom is 0.264 e. The molecule has 3 aliphatic rings. The van der Waals surface area contributed by atoms with Crippen molar-refractivity contribution in [3.05, 3.63) is 157 Å². The van der Waals surface area contributed by atoms with Crippen molar-refractivity contribution in [3.63, 3.8) is 0 Å². The van der Waals surface area contributed by atoms with Gasteiger partial charge in [-0.3, -0.25) is 0 Å². The Morgan fingerprint density at radius 3 is 2.06 bits per heavy atom. The van der Waals surface area contributed by atoms with Gasteiger partial charge in [-0.05, 0) is 94.7 Å². The van der Waals surface area contributed by atoms with E-state index in [9.17, 15) is 0 Å². The summed E-state index contributed by atoms with van der Waals surface area (Å²) in [5.41, 5.74) is 15.3. The van der Waals surface area contributed by atoms with E-state index in [4.69, 9.17) is 0 Å². The van der Waals surface area contributed by atoms with Gasteiger partial charge in [-0.15, -0.1) is 11.3 Å². The average Bonchev–Trinajstić information content (AvgIpc) is 3.74. The molecular formula is C48H34BN3S2. The molecule has 9 aromatic rings. The lowest BCUT2D eigenvalue weighted by molar-refractivity contribution is 0.591. The van der Waals surface area contributed by atoms with Crippen molar-refractivity contribution in [1.82, 2.24) is 4.57 Å². The zero-order valence-electron chi connectivity index (χ0n) is 30.2. The molecule has 0 spiro atoms. The summed E-state index contributed by atoms with van der Waals surface area (Å²) in [5.74, 6) is 0. The van der Waals surface area contributed by atoms with Crippen LogP contribution in [0.1, 0.15) is 26.3 Å². The Kier molecular flexibility index (Phi) is 6.23. The van der Waals surface area contributed by atoms with E-state index in [0.29, 0.717) is 0 Å². The summed E-state index contributed by atoms with van der Waals surface area (Å²) in [6.45, 7) is 7.05. The summed E-state index contributed by atoms with van der Waals surface area (Å²) in [6, 6.07) is 56.9. The molecule has 0 fully saturated rings. The Labute approximate surface area is 323 Å². The molecule has 0 atom stereocenters. The number of benzene rings is 7. The van der Waals surface area contributed by atoms with Crippen LogP contribution < -0.4 is 25.5 Å². The molecule has 2 bridgehead atoms. The van der Waals surface area contributed by atoms with Crippen LogP contribution in [0, 0.1) is 0 Å². The molecule has 7 aromatic carbocycles. The minimum absolute atomic E-state index is 0.0475. The predicted molar refractivity (Wildman–Crippen MR) is 233 cm³/mol. The minimum Gasteiger partial charge on any atom is -0.310 e. The second kappa shape index (κ2) is 10.9. The van der Waals surface area contributed by atoms with Crippen LogP contribution in [0.3, 0.4) is 0 Å². The molecule has 54 heavy (non-hydrogen) atoms. The van der Waals surface area contributed by atoms with Crippen LogP contribution in [-0.4, -0.2) is 11.3 Å². The summed E-state index contributed by atoms with van der Waals surface area (Å²) >= 11 is 3.82. The standard InChI is InChI=1S/C48H34BN3S2/c1-48(2,3)29-21-25-36-34(27-29)32-23-26-39-44-45(32)52(36)46-33-15-7-10-18-41(33)54-47(46)49(44)35-24-22-31-28-40(35)51(39)38-17-9-12-20-43(38)53-42-19-11-8-16-37(42)50(31)30-13-5-4-6-14-30/h4-28H,1-3H3. The van der Waals surface area contributed by atoms with Crippen LogP contribution in [0.5, 0.6) is 0 Å². The first kappa shape index (κ1) is 30.7. The molecule has 5 heterocycles. The van der Waals surface area contributed by atoms with Gasteiger partial charge in [0, 0.05) is 58.2 Å². The van der Waals surface area contributed by atoms with Crippen molar-refractivity contribution in [2.75, 3.05) is 9.80 Å². The highest BCUT2D eigenvalue weighted by atomic mass is 32.2. The molecular weight excluding hydrogens is 693 g/mol. The highest BCUT2D eigenvalue weighted by Gasteiger charge is 2.44. The lowest BCUT2D eigenvalue weighted by Gasteiger charge is -2.41. The summed E-state index contributed by atoms with van der Waals surface area (Å²) in [5, 5.41) is 3.99. The van der Waals surface area contributed by atoms with Gasteiger partial charge in [0.1, 0.15) is 0 Å². The minimum atomic E-state index is 0.0475. The monoisotopic (exact) mass is 727 g/mol. The van der Waals surface area contributed by atoms with E-state index in [1.807, 2.05) is 23.1 Å². The highest BCUT2D eigenvalue weighted by molar-refractivity contribution is 7.99. The van der Waals surface area contributed by atoms with Crippen molar-refractivity contribution < 1.29 is 0 Å². The molecule has 0 aliphatic carbocycles. The smallest absolute Gasteiger partial charge is 0.264 e. The normalized spacial score (nSPS) is 14.0. The Balaban J connectivity index is 1.24. The fourth-order valence-corrected chi connectivity index (χ4v) is 11.7. The zero-order valence-corrected chi connectivity index (χ0v) is 31.8. The maximum atomic E-state index is 2.62. The molecule has 0 unspecified atom stereocenters. The van der Waals surface area contributed by atoms with Crippen LogP contribution in [0.25, 0.3) is 37.6 Å². The molecule has 0 radical (unpaired) electrons. The average molecular weight is 728 g/mol. The van der Waals surface area contributed by atoms with E-state index in [1.54, 1.807) is 0 Å². The third-order valence-electron chi connectivity index (χ3n) is 11.7. The fourth-order valence-electron chi connectivity index (χ4n) is 9.28. The first-order valence-electron chi connectivity index (χ1n) is 18.7. The summed E-state index contributed by atoms with van der Waals surface area (Å²) < 4.78 is 5.38. The third-order valence-corrected chi connectivity index (χ3v) is 14.0. The number of rotatable bonds is 1. The zero-order chi connectivity index (χ0) is 35.9. The predicted octanol–water partition coefficient (Wildman–Crippen LogP) is 11.8. The Bertz CT molecular complexity index is 3040. The van der Waals surface area contributed by atoms with Gasteiger partial charge in [0.2, 0.25) is 0 Å². The van der Waals surface area contributed by atoms with Crippen LogP contribution in [0.15, 0.2) is 161 Å². The fraction of sp³-hybridized carbons (Fsp3) is 0.0833. The third kappa shape index (κ3) is 4.10. The number of aromatic nitrogens is 1. The molecule has 3 aliphatic heterocycles. The number of hydrogen-bond donors (Lipinski definition) is 0. The first-order chi connectivity index (χ1) is 26.4. The van der Waals surface area contributed by atoms with Crippen LogP contribution in [0.2, 0.25) is 0 Å². The molecule has 3 nitrogen and oxygen atoms in total. The van der Waals surface area contributed by atoms with Crippen LogP contribution >= 0.6 is 23.1 Å². The van der Waals surface area contributed by atoms with E-state index < -0.39 is 0 Å². The van der Waals surface area contributed by atoms with E-state index in [1.165, 1.54) is 91.4 Å². The maximum absolute atomic E-state index is 2.62. The number of anilines is 6. The van der Waals surface area contributed by atoms with Crippen molar-refractivity contribution in [2.24, 2.45) is 0 Å². The molecule has 0 amide bonds. The van der Waals surface area contributed by atoms with Crippen molar-refractivity contribution in [3.8, 4) is 5.69 Å². The van der Waals surface area contributed by atoms with Gasteiger partial charge in [-0.1, -0.05) is 111 Å². The van der Waals surface area contributed by atoms with Gasteiger partial charge in [0.15, 0.2) is 0 Å². The van der Waals surface area contributed by atoms with Crippen molar-refractivity contribution in [2.45, 2.75) is 36.0 Å². The Hall–Kier alpha value is -5.69. The molecule has 0 saturated carbocycles. The Morgan fingerprint density at radius 2 is 1.26 bits per heavy atom. The van der Waals surface area contributed by atoms with Gasteiger partial charge in [0.05, 0.1) is 28.1 Å². The van der Waals surface area contributed by atoms with Crippen LogP contribution in [0.4, 0.5) is 34.1 Å². The summed E-state index contributed by atoms with van der Waals surface area (Å²) in [7, 11) is 0. The SMILES string of the molecule is CC(C)(C)c1ccc2c(c1)c1ccc3c4c1n2-c1c(sc2ccccc12)B4c1ccc2cc1N3c1ccccc1Sc1ccccc1N2c1ccccc1. The Morgan fingerprint density at radius 1 is 0.537 bits per heavy atom. The molecule has 12 rings (SSSR count).